The summed E-state index contributed by atoms with van der Waals surface area (Å²) < 4.78 is 18.3. The highest BCUT2D eigenvalue weighted by Gasteiger charge is 2.52. The molecule has 0 N–H and O–H groups in total. The maximum atomic E-state index is 15.9. The Bertz CT molecular complexity index is 3550. The second kappa shape index (κ2) is 12.3. The monoisotopic (exact) mass is 782 g/mol. The Morgan fingerprint density at radius 2 is 0.900 bits per heavy atom. The van der Waals surface area contributed by atoms with E-state index in [2.05, 4.69) is 156 Å². The zero-order chi connectivity index (χ0) is 39.6. The number of pyridine rings is 1. The van der Waals surface area contributed by atoms with Crippen LogP contribution < -0.4 is 15.9 Å². The van der Waals surface area contributed by atoms with Crippen LogP contribution in [-0.4, -0.2) is 9.38 Å². The van der Waals surface area contributed by atoms with Gasteiger partial charge < -0.3 is 4.57 Å². The molecule has 0 bridgehead atoms. The third-order valence-corrected chi connectivity index (χ3v) is 16.3. The second-order valence-electron chi connectivity index (χ2n) is 16.1. The number of aromatic nitrogens is 2. The van der Waals surface area contributed by atoms with E-state index in [-0.39, 0.29) is 0 Å². The smallest absolute Gasteiger partial charge is 0.171 e. The van der Waals surface area contributed by atoms with E-state index in [1.165, 1.54) is 55.3 Å². The van der Waals surface area contributed by atoms with Gasteiger partial charge in [0.05, 0.1) is 22.0 Å². The van der Waals surface area contributed by atoms with Gasteiger partial charge in [-0.3, -0.25) is 4.40 Å². The molecule has 3 nitrogen and oxygen atoms in total. The van der Waals surface area contributed by atoms with Crippen molar-refractivity contribution in [2.45, 2.75) is 5.41 Å². The van der Waals surface area contributed by atoms with Crippen molar-refractivity contribution in [3.8, 4) is 33.4 Å². The second-order valence-corrected chi connectivity index (χ2v) is 18.9. The Morgan fingerprint density at radius 3 is 1.60 bits per heavy atom. The summed E-state index contributed by atoms with van der Waals surface area (Å²) in [6.07, 6.45) is 0. The Hall–Kier alpha value is -7.32. The molecule has 0 atom stereocenters. The van der Waals surface area contributed by atoms with Crippen molar-refractivity contribution >= 4 is 61.4 Å². The van der Waals surface area contributed by atoms with Crippen LogP contribution in [0.2, 0.25) is 0 Å². The number of fused-ring (bicyclic) bond motifs is 18. The highest BCUT2D eigenvalue weighted by Crippen LogP contribution is 2.63. The summed E-state index contributed by atoms with van der Waals surface area (Å²) in [6.45, 7) is 0. The molecule has 0 saturated heterocycles. The SMILES string of the molecule is O=P(c1ccccc1)(c1ccccc1)c1ccc2c(c1)C1(c3ccccc3-c3ccccc31)c1cc(-c3ccc4nc5c6ccccc6c6ccccc6n5c4c3)ccc1-2. The van der Waals surface area contributed by atoms with Crippen molar-refractivity contribution in [2.24, 2.45) is 0 Å². The Morgan fingerprint density at radius 1 is 0.383 bits per heavy atom. The van der Waals surface area contributed by atoms with Gasteiger partial charge in [-0.2, -0.15) is 0 Å². The van der Waals surface area contributed by atoms with Gasteiger partial charge in [-0.15, -0.1) is 0 Å². The van der Waals surface area contributed by atoms with E-state index in [1.807, 2.05) is 60.7 Å². The summed E-state index contributed by atoms with van der Waals surface area (Å²) in [5.74, 6) is 0. The van der Waals surface area contributed by atoms with Crippen LogP contribution in [0.1, 0.15) is 22.3 Å². The first-order valence-corrected chi connectivity index (χ1v) is 22.3. The van der Waals surface area contributed by atoms with Crippen LogP contribution in [0, 0.1) is 0 Å². The van der Waals surface area contributed by atoms with Crippen LogP contribution in [0.3, 0.4) is 0 Å². The van der Waals surface area contributed by atoms with Gasteiger partial charge in [0.25, 0.3) is 0 Å². The molecule has 0 unspecified atom stereocenters. The number of para-hydroxylation sites is 1. The van der Waals surface area contributed by atoms with Gasteiger partial charge >= 0.3 is 0 Å². The number of imidazole rings is 1. The largest absolute Gasteiger partial charge is 0.309 e. The predicted molar refractivity (Wildman–Crippen MR) is 249 cm³/mol. The molecule has 13 rings (SSSR count). The molecule has 0 amide bonds. The van der Waals surface area contributed by atoms with Crippen molar-refractivity contribution in [3.05, 3.63) is 235 Å². The van der Waals surface area contributed by atoms with E-state index < -0.39 is 12.6 Å². The van der Waals surface area contributed by atoms with E-state index in [1.54, 1.807) is 0 Å². The maximum absolute atomic E-state index is 15.9. The van der Waals surface area contributed by atoms with Gasteiger partial charge in [0.1, 0.15) is 5.65 Å². The molecule has 0 aliphatic heterocycles. The van der Waals surface area contributed by atoms with E-state index in [0.29, 0.717) is 0 Å². The van der Waals surface area contributed by atoms with E-state index in [0.717, 1.165) is 54.6 Å². The van der Waals surface area contributed by atoms with E-state index in [9.17, 15) is 0 Å². The predicted octanol–water partition coefficient (Wildman–Crippen LogP) is 12.4. The van der Waals surface area contributed by atoms with Crippen molar-refractivity contribution in [3.63, 3.8) is 0 Å². The first-order valence-electron chi connectivity index (χ1n) is 20.6. The molecule has 60 heavy (non-hydrogen) atoms. The molecule has 0 saturated carbocycles. The molecule has 1 spiro atoms. The van der Waals surface area contributed by atoms with E-state index in [4.69, 9.17) is 4.98 Å². The van der Waals surface area contributed by atoms with Crippen molar-refractivity contribution in [1.82, 2.24) is 9.38 Å². The lowest BCUT2D eigenvalue weighted by atomic mass is 9.70. The fourth-order valence-electron chi connectivity index (χ4n) is 10.7. The molecular weight excluding hydrogens is 748 g/mol. The first kappa shape index (κ1) is 33.6. The van der Waals surface area contributed by atoms with Gasteiger partial charge in [-0.1, -0.05) is 182 Å². The molecule has 0 fully saturated rings. The molecule has 2 aliphatic carbocycles. The average molecular weight is 783 g/mol. The standard InChI is InChI=1S/C56H35N2OP/c59-60(38-15-3-1-4-16-38,39-17-5-2-6-18-39)40-29-31-45-44-30-27-36(33-50(44)56(51(45)35-40)48-24-12-9-20-42(48)43-21-10-13-25-49(43)56)37-28-32-52-54(34-37)58-53-26-14-11-22-46(53)41-19-7-8-23-47(41)55(58)57-52/h1-35H. The topological polar surface area (TPSA) is 34.4 Å². The van der Waals surface area contributed by atoms with Crippen LogP contribution >= 0.6 is 7.14 Å². The summed E-state index contributed by atoms with van der Waals surface area (Å²) in [5, 5.41) is 6.07. The number of hydrogen-bond acceptors (Lipinski definition) is 2. The summed E-state index contributed by atoms with van der Waals surface area (Å²) in [4.78, 5) is 5.23. The Labute approximate surface area is 347 Å². The van der Waals surface area contributed by atoms with Gasteiger partial charge in [0, 0.05) is 26.7 Å². The molecule has 2 heterocycles. The van der Waals surface area contributed by atoms with Gasteiger partial charge in [0.15, 0.2) is 7.14 Å². The Balaban J connectivity index is 1.07. The molecular formula is C56H35N2OP. The molecule has 280 valence electrons. The molecule has 11 aromatic rings. The number of benzene rings is 9. The molecule has 2 aromatic heterocycles. The maximum Gasteiger partial charge on any atom is 0.171 e. The number of nitrogens with zero attached hydrogens (tertiary/aromatic N) is 2. The zero-order valence-electron chi connectivity index (χ0n) is 32.5. The van der Waals surface area contributed by atoms with Crippen molar-refractivity contribution < 1.29 is 4.57 Å². The average Bonchev–Trinajstić information content (AvgIpc) is 3.96. The summed E-state index contributed by atoms with van der Waals surface area (Å²) in [5.41, 5.74) is 15.6. The minimum absolute atomic E-state index is 0.620. The zero-order valence-corrected chi connectivity index (χ0v) is 33.4. The number of rotatable bonds is 4. The lowest BCUT2D eigenvalue weighted by molar-refractivity contribution is 0.592. The normalized spacial score (nSPS) is 13.5. The third kappa shape index (κ3) is 4.34. The van der Waals surface area contributed by atoms with Gasteiger partial charge in [-0.25, -0.2) is 4.98 Å². The fourth-order valence-corrected chi connectivity index (χ4v) is 13.4. The van der Waals surface area contributed by atoms with Crippen LogP contribution in [0.25, 0.3) is 71.7 Å². The minimum atomic E-state index is -3.27. The molecule has 2 aliphatic rings. The van der Waals surface area contributed by atoms with Crippen LogP contribution in [0.15, 0.2) is 212 Å². The quantitative estimate of drug-likeness (QED) is 0.132. The lowest BCUT2D eigenvalue weighted by Crippen LogP contribution is -2.29. The van der Waals surface area contributed by atoms with Crippen LogP contribution in [0.5, 0.6) is 0 Å². The van der Waals surface area contributed by atoms with Gasteiger partial charge in [0.2, 0.25) is 0 Å². The summed E-state index contributed by atoms with van der Waals surface area (Å²) in [7, 11) is -3.27. The molecule has 0 radical (unpaired) electrons. The van der Waals surface area contributed by atoms with Gasteiger partial charge in [-0.05, 0) is 91.4 Å². The van der Waals surface area contributed by atoms with Crippen LogP contribution in [-0.2, 0) is 9.98 Å². The number of hydrogen-bond donors (Lipinski definition) is 0. The molecule has 9 aromatic carbocycles. The van der Waals surface area contributed by atoms with E-state index >= 15 is 4.57 Å². The minimum Gasteiger partial charge on any atom is -0.309 e. The highest BCUT2D eigenvalue weighted by atomic mass is 31.2. The lowest BCUT2D eigenvalue weighted by Gasteiger charge is -2.31. The van der Waals surface area contributed by atoms with Crippen LogP contribution in [0.4, 0.5) is 0 Å². The highest BCUT2D eigenvalue weighted by molar-refractivity contribution is 7.85. The van der Waals surface area contributed by atoms with Crippen molar-refractivity contribution in [2.75, 3.05) is 0 Å². The Kier molecular flexibility index (Phi) is 6.92. The molecule has 4 heteroatoms. The van der Waals surface area contributed by atoms with Crippen molar-refractivity contribution in [1.29, 1.82) is 0 Å². The third-order valence-electron chi connectivity index (χ3n) is 13.3. The summed E-state index contributed by atoms with van der Waals surface area (Å²) in [6, 6.07) is 75.5. The fraction of sp³-hybridized carbons (Fsp3) is 0.0179. The first-order chi connectivity index (χ1) is 29.6. The summed E-state index contributed by atoms with van der Waals surface area (Å²) >= 11 is 0.